The van der Waals surface area contributed by atoms with Crippen LogP contribution in [0.5, 0.6) is 0 Å². The van der Waals surface area contributed by atoms with E-state index < -0.39 is 6.10 Å². The first-order chi connectivity index (χ1) is 38.6. The van der Waals surface area contributed by atoms with E-state index >= 15 is 0 Å². The zero-order chi connectivity index (χ0) is 56.2. The fourth-order valence-electron chi connectivity index (χ4n) is 9.83. The first-order valence-corrected chi connectivity index (χ1v) is 33.8. The van der Waals surface area contributed by atoms with Crippen LogP contribution in [-0.2, 0) is 19.1 Å². The summed E-state index contributed by atoms with van der Waals surface area (Å²) >= 11 is 0. The van der Waals surface area contributed by atoms with Gasteiger partial charge in [0, 0.05) is 12.8 Å². The van der Waals surface area contributed by atoms with Gasteiger partial charge in [-0.1, -0.05) is 323 Å². The van der Waals surface area contributed by atoms with E-state index in [1.807, 2.05) is 0 Å². The van der Waals surface area contributed by atoms with Gasteiger partial charge in [-0.15, -0.1) is 0 Å². The van der Waals surface area contributed by atoms with Gasteiger partial charge in [0.15, 0.2) is 6.10 Å². The zero-order valence-corrected chi connectivity index (χ0v) is 51.7. The molecule has 1 N–H and O–H groups in total. The van der Waals surface area contributed by atoms with E-state index in [-0.39, 0.29) is 25.2 Å². The summed E-state index contributed by atoms with van der Waals surface area (Å²) in [6.45, 7) is 4.06. The van der Waals surface area contributed by atoms with E-state index in [1.54, 1.807) is 0 Å². The molecule has 0 saturated carbocycles. The third-order valence-corrected chi connectivity index (χ3v) is 14.9. The van der Waals surface area contributed by atoms with Crippen LogP contribution in [0.4, 0.5) is 0 Å². The number of ether oxygens (including phenoxy) is 2. The molecule has 0 spiro atoms. The molecule has 0 aromatic rings. The molecule has 450 valence electrons. The second-order valence-corrected chi connectivity index (χ2v) is 22.5. The van der Waals surface area contributed by atoms with E-state index in [0.29, 0.717) is 12.8 Å². The third-order valence-electron chi connectivity index (χ3n) is 14.9. The molecule has 0 saturated heterocycles. The summed E-state index contributed by atoms with van der Waals surface area (Å²) in [6, 6.07) is 0. The average molecular weight is 1090 g/mol. The van der Waals surface area contributed by atoms with E-state index in [9.17, 15) is 14.7 Å². The molecular weight excluding hydrogens is 957 g/mol. The lowest BCUT2D eigenvalue weighted by Crippen LogP contribution is -2.28. The first kappa shape index (κ1) is 74.8. The molecule has 0 bridgehead atoms. The molecular formula is C73H128O5. The van der Waals surface area contributed by atoms with Crippen LogP contribution < -0.4 is 0 Å². The topological polar surface area (TPSA) is 72.8 Å². The van der Waals surface area contributed by atoms with Crippen molar-refractivity contribution in [1.29, 1.82) is 0 Å². The van der Waals surface area contributed by atoms with Gasteiger partial charge in [0.1, 0.15) is 6.61 Å². The third kappa shape index (κ3) is 65.3. The molecule has 0 aromatic carbocycles. The van der Waals surface area contributed by atoms with E-state index in [2.05, 4.69) is 111 Å². The largest absolute Gasteiger partial charge is 0.462 e. The van der Waals surface area contributed by atoms with Crippen molar-refractivity contribution in [2.45, 2.75) is 341 Å². The van der Waals surface area contributed by atoms with Gasteiger partial charge >= 0.3 is 11.9 Å². The van der Waals surface area contributed by atoms with Crippen LogP contribution in [-0.4, -0.2) is 36.4 Å². The summed E-state index contributed by atoms with van der Waals surface area (Å²) in [5.74, 6) is -0.579. The Morgan fingerprint density at radius 3 is 0.846 bits per heavy atom. The molecule has 1 unspecified atom stereocenters. The number of allylic oxidation sites excluding steroid dienone is 16. The number of hydrogen-bond acceptors (Lipinski definition) is 5. The molecule has 5 heteroatoms. The normalized spacial score (nSPS) is 12.8. The predicted octanol–water partition coefficient (Wildman–Crippen LogP) is 23.4. The molecule has 0 aliphatic carbocycles. The molecule has 0 aromatic heterocycles. The number of rotatable bonds is 62. The number of aliphatic hydroxyl groups excluding tert-OH is 1. The highest BCUT2D eigenvalue weighted by Gasteiger charge is 2.16. The molecule has 0 rings (SSSR count). The van der Waals surface area contributed by atoms with Gasteiger partial charge in [0.2, 0.25) is 0 Å². The van der Waals surface area contributed by atoms with Crippen molar-refractivity contribution in [2.75, 3.05) is 13.2 Å². The number of hydrogen-bond donors (Lipinski definition) is 1. The van der Waals surface area contributed by atoms with Crippen LogP contribution in [0.3, 0.4) is 0 Å². The maximum Gasteiger partial charge on any atom is 0.306 e. The average Bonchev–Trinajstić information content (AvgIpc) is 3.44. The Hall–Kier alpha value is -3.18. The summed E-state index contributed by atoms with van der Waals surface area (Å²) in [6.07, 6.45) is 97.1. The summed E-state index contributed by atoms with van der Waals surface area (Å²) in [5, 5.41) is 9.70. The smallest absolute Gasteiger partial charge is 0.306 e. The van der Waals surface area contributed by atoms with Crippen molar-refractivity contribution >= 4 is 11.9 Å². The van der Waals surface area contributed by atoms with Crippen molar-refractivity contribution in [3.05, 3.63) is 97.2 Å². The zero-order valence-electron chi connectivity index (χ0n) is 51.7. The van der Waals surface area contributed by atoms with Crippen LogP contribution in [0.2, 0.25) is 0 Å². The highest BCUT2D eigenvalue weighted by molar-refractivity contribution is 5.70. The molecule has 0 heterocycles. The van der Waals surface area contributed by atoms with Crippen LogP contribution in [0, 0.1) is 0 Å². The van der Waals surface area contributed by atoms with Crippen molar-refractivity contribution in [3.63, 3.8) is 0 Å². The summed E-state index contributed by atoms with van der Waals surface area (Å²) in [4.78, 5) is 24.6. The van der Waals surface area contributed by atoms with Gasteiger partial charge < -0.3 is 14.6 Å². The van der Waals surface area contributed by atoms with Gasteiger partial charge in [-0.3, -0.25) is 9.59 Å². The molecule has 0 radical (unpaired) electrons. The van der Waals surface area contributed by atoms with Crippen molar-refractivity contribution in [1.82, 2.24) is 0 Å². The SMILES string of the molecule is CC/C=C\C/C=C\C/C=C\C/C=C\C/C=C\C/C=C\C/C=C\CCCCCCCCCCCCCCCCCC(=O)OC(CO)COC(=O)CCCCCCCCCCCCCCCCC/C=C\CCCCCCCCCC. The Bertz CT molecular complexity index is 1460. The van der Waals surface area contributed by atoms with E-state index in [1.165, 1.54) is 225 Å². The molecule has 0 amide bonds. The van der Waals surface area contributed by atoms with Crippen LogP contribution in [0.1, 0.15) is 335 Å². The summed E-state index contributed by atoms with van der Waals surface area (Å²) in [7, 11) is 0. The highest BCUT2D eigenvalue weighted by atomic mass is 16.6. The van der Waals surface area contributed by atoms with Crippen molar-refractivity contribution in [3.8, 4) is 0 Å². The van der Waals surface area contributed by atoms with Gasteiger partial charge in [-0.2, -0.15) is 0 Å². The maximum atomic E-state index is 12.4. The Morgan fingerprint density at radius 1 is 0.308 bits per heavy atom. The quantitative estimate of drug-likeness (QED) is 0.0373. The predicted molar refractivity (Wildman–Crippen MR) is 343 cm³/mol. The number of esters is 2. The van der Waals surface area contributed by atoms with Crippen LogP contribution in [0.15, 0.2) is 97.2 Å². The monoisotopic (exact) mass is 1080 g/mol. The number of carbonyl (C=O) groups excluding carboxylic acids is 2. The standard InChI is InChI=1S/C73H128O5/c1-3-5-7-9-11-13-15-17-19-21-23-25-27-29-31-32-33-34-35-36-37-38-39-40-42-44-46-48-50-52-54-56-58-60-62-64-66-68-73(76)78-71(69-74)70-77-72(75)67-65-63-61-59-57-55-53-51-49-47-45-43-41-30-28-26-24-22-20-18-16-14-12-10-8-6-4-2/h5,7,11,13,17,19,22-25,29,31,33-34,36-37,71,74H,3-4,6,8-10,12,14-16,18,20-21,26-28,30,32,35,38-70H2,1-2H3/b7-5-,13-11-,19-17-,24-22-,25-23-,31-29-,34-33-,37-36-. The van der Waals surface area contributed by atoms with E-state index in [4.69, 9.17) is 9.47 Å². The molecule has 0 fully saturated rings. The van der Waals surface area contributed by atoms with Gasteiger partial charge in [-0.05, 0) is 96.3 Å². The van der Waals surface area contributed by atoms with E-state index in [0.717, 1.165) is 83.5 Å². The lowest BCUT2D eigenvalue weighted by Gasteiger charge is -2.15. The fourth-order valence-corrected chi connectivity index (χ4v) is 9.83. The van der Waals surface area contributed by atoms with Crippen LogP contribution in [0.25, 0.3) is 0 Å². The minimum absolute atomic E-state index is 0.0653. The number of unbranched alkanes of at least 4 members (excludes halogenated alkanes) is 38. The Kier molecular flexibility index (Phi) is 65.3. The second kappa shape index (κ2) is 68.1. The van der Waals surface area contributed by atoms with Crippen molar-refractivity contribution < 1.29 is 24.2 Å². The number of aliphatic hydroxyl groups is 1. The fraction of sp³-hybridized carbons (Fsp3) is 0.753. The highest BCUT2D eigenvalue weighted by Crippen LogP contribution is 2.17. The number of carbonyl (C=O) groups is 2. The van der Waals surface area contributed by atoms with Gasteiger partial charge in [-0.25, -0.2) is 0 Å². The lowest BCUT2D eigenvalue weighted by atomic mass is 10.0. The molecule has 0 aliphatic rings. The Labute approximate surface area is 485 Å². The second-order valence-electron chi connectivity index (χ2n) is 22.5. The van der Waals surface area contributed by atoms with Gasteiger partial charge in [0.05, 0.1) is 6.61 Å². The summed E-state index contributed by atoms with van der Waals surface area (Å²) in [5.41, 5.74) is 0. The minimum Gasteiger partial charge on any atom is -0.462 e. The Balaban J connectivity index is 3.46. The van der Waals surface area contributed by atoms with Gasteiger partial charge in [0.25, 0.3) is 0 Å². The minimum atomic E-state index is -0.776. The van der Waals surface area contributed by atoms with Crippen LogP contribution >= 0.6 is 0 Å². The Morgan fingerprint density at radius 2 is 0.551 bits per heavy atom. The molecule has 1 atom stereocenters. The lowest BCUT2D eigenvalue weighted by molar-refractivity contribution is -0.161. The maximum absolute atomic E-state index is 12.4. The summed E-state index contributed by atoms with van der Waals surface area (Å²) < 4.78 is 10.8. The first-order valence-electron chi connectivity index (χ1n) is 33.8. The van der Waals surface area contributed by atoms with Crippen molar-refractivity contribution in [2.24, 2.45) is 0 Å². The molecule has 78 heavy (non-hydrogen) atoms. The molecule has 0 aliphatic heterocycles. The molecule has 5 nitrogen and oxygen atoms in total.